The Hall–Kier alpha value is -1.98. The van der Waals surface area contributed by atoms with Crippen molar-refractivity contribution in [3.05, 3.63) is 74.5 Å². The number of amides is 1. The summed E-state index contributed by atoms with van der Waals surface area (Å²) in [6.45, 7) is 3.46. The molecule has 0 saturated carbocycles. The lowest BCUT2D eigenvalue weighted by Gasteiger charge is -2.19. The zero-order valence-corrected chi connectivity index (χ0v) is 21.0. The fraction of sp³-hybridized carbons (Fsp3) is 0.348. The van der Waals surface area contributed by atoms with Gasteiger partial charge in [0.05, 0.1) is 21.2 Å². The summed E-state index contributed by atoms with van der Waals surface area (Å²) in [5.41, 5.74) is -3.90. The summed E-state index contributed by atoms with van der Waals surface area (Å²) in [5, 5.41) is 0.912. The van der Waals surface area contributed by atoms with E-state index in [0.717, 1.165) is 11.8 Å². The molecule has 0 aliphatic carbocycles. The van der Waals surface area contributed by atoms with E-state index in [4.69, 9.17) is 23.2 Å². The third-order valence-electron chi connectivity index (χ3n) is 4.83. The minimum atomic E-state index is -5.12. The molecule has 2 rings (SSSR count). The normalized spacial score (nSPS) is 14.5. The van der Waals surface area contributed by atoms with Gasteiger partial charge in [0.2, 0.25) is 0 Å². The highest BCUT2D eigenvalue weighted by Crippen LogP contribution is 2.41. The van der Waals surface area contributed by atoms with Crippen molar-refractivity contribution >= 4 is 46.7 Å². The number of alkyl halides is 6. The minimum Gasteiger partial charge on any atom is -0.349 e. The first kappa shape index (κ1) is 30.2. The molecule has 0 aliphatic heterocycles. The Morgan fingerprint density at radius 3 is 2.17 bits per heavy atom. The van der Waals surface area contributed by atoms with Crippen molar-refractivity contribution in [2.45, 2.75) is 38.2 Å². The smallest absolute Gasteiger partial charge is 0.349 e. The molecular weight excluding hydrogens is 561 g/mol. The van der Waals surface area contributed by atoms with E-state index in [0.29, 0.717) is 24.0 Å². The maximum Gasteiger partial charge on any atom is 0.417 e. The van der Waals surface area contributed by atoms with Crippen LogP contribution >= 0.6 is 35.0 Å². The van der Waals surface area contributed by atoms with Gasteiger partial charge >= 0.3 is 12.4 Å². The summed E-state index contributed by atoms with van der Waals surface area (Å²) in [6, 6.07) is 2.43. The molecular formula is C23H19Cl2F8NOS. The molecule has 2 nitrogen and oxygen atoms in total. The first-order valence-electron chi connectivity index (χ1n) is 10.2. The quantitative estimate of drug-likeness (QED) is 0.250. The predicted molar refractivity (Wildman–Crippen MR) is 126 cm³/mol. The van der Waals surface area contributed by atoms with Crippen molar-refractivity contribution in [3.8, 4) is 0 Å². The maximum absolute atomic E-state index is 14.9. The monoisotopic (exact) mass is 579 g/mol. The van der Waals surface area contributed by atoms with Crippen LogP contribution in [0.3, 0.4) is 0 Å². The Kier molecular flexibility index (Phi) is 10.1. The van der Waals surface area contributed by atoms with Crippen LogP contribution in [0.5, 0.6) is 0 Å². The Balaban J connectivity index is 2.51. The second kappa shape index (κ2) is 12.0. The van der Waals surface area contributed by atoms with Crippen LogP contribution in [-0.4, -0.2) is 29.6 Å². The Morgan fingerprint density at radius 1 is 1.08 bits per heavy atom. The molecule has 13 heteroatoms. The van der Waals surface area contributed by atoms with E-state index in [1.54, 1.807) is 6.92 Å². The summed E-state index contributed by atoms with van der Waals surface area (Å²) in [5.74, 6) is -5.44. The van der Waals surface area contributed by atoms with Crippen LogP contribution in [-0.2, 0) is 6.18 Å². The number of rotatable bonds is 8. The van der Waals surface area contributed by atoms with Gasteiger partial charge in [0.25, 0.3) is 5.91 Å². The van der Waals surface area contributed by atoms with Gasteiger partial charge in [-0.3, -0.25) is 4.79 Å². The van der Waals surface area contributed by atoms with Gasteiger partial charge in [-0.1, -0.05) is 36.2 Å². The molecule has 36 heavy (non-hydrogen) atoms. The molecule has 2 unspecified atom stereocenters. The largest absolute Gasteiger partial charge is 0.417 e. The SMILES string of the molecule is CCSCC(C)NC(=O)c1ccc(/C(F)=C/C(c2cc(Cl)c(F)c(Cl)c2)C(F)(F)F)cc1C(F)(F)F. The zero-order chi connectivity index (χ0) is 27.4. The molecule has 0 radical (unpaired) electrons. The van der Waals surface area contributed by atoms with Crippen molar-refractivity contribution in [2.75, 3.05) is 11.5 Å². The second-order valence-corrected chi connectivity index (χ2v) is 9.76. The van der Waals surface area contributed by atoms with Crippen LogP contribution in [0.1, 0.15) is 46.8 Å². The Labute approximate surface area is 216 Å². The maximum atomic E-state index is 14.9. The van der Waals surface area contributed by atoms with Crippen LogP contribution in [0.4, 0.5) is 35.1 Å². The lowest BCUT2D eigenvalue weighted by atomic mass is 9.95. The molecule has 0 saturated heterocycles. The van der Waals surface area contributed by atoms with Gasteiger partial charge in [0, 0.05) is 17.4 Å². The molecule has 2 atom stereocenters. The van der Waals surface area contributed by atoms with Gasteiger partial charge in [-0.2, -0.15) is 38.1 Å². The zero-order valence-electron chi connectivity index (χ0n) is 18.6. The predicted octanol–water partition coefficient (Wildman–Crippen LogP) is 8.68. The van der Waals surface area contributed by atoms with E-state index in [-0.39, 0.29) is 12.1 Å². The highest BCUT2D eigenvalue weighted by atomic mass is 35.5. The third kappa shape index (κ3) is 7.76. The summed E-state index contributed by atoms with van der Waals surface area (Å²) < 4.78 is 111. The van der Waals surface area contributed by atoms with Crippen LogP contribution < -0.4 is 5.32 Å². The molecule has 2 aromatic rings. The molecule has 0 aliphatic rings. The number of allylic oxidation sites excluding steroid dienone is 1. The number of carbonyl (C=O) groups excluding carboxylic acids is 1. The van der Waals surface area contributed by atoms with Crippen LogP contribution in [0, 0.1) is 5.82 Å². The fourth-order valence-corrected chi connectivity index (χ4v) is 4.32. The molecule has 1 N–H and O–H groups in total. The molecule has 0 spiro atoms. The summed E-state index contributed by atoms with van der Waals surface area (Å²) >= 11 is 12.5. The number of hydrogen-bond acceptors (Lipinski definition) is 2. The Morgan fingerprint density at radius 2 is 1.67 bits per heavy atom. The van der Waals surface area contributed by atoms with Crippen LogP contribution in [0.2, 0.25) is 10.0 Å². The van der Waals surface area contributed by atoms with E-state index in [1.807, 2.05) is 6.92 Å². The number of thioether (sulfide) groups is 1. The van der Waals surface area contributed by atoms with Crippen LogP contribution in [0.25, 0.3) is 5.83 Å². The molecule has 198 valence electrons. The molecule has 0 bridgehead atoms. The average molecular weight is 580 g/mol. The lowest BCUT2D eigenvalue weighted by Crippen LogP contribution is -2.35. The molecule has 1 amide bonds. The molecule has 0 aromatic heterocycles. The van der Waals surface area contributed by atoms with Crippen molar-refractivity contribution in [1.82, 2.24) is 5.32 Å². The number of halogens is 10. The fourth-order valence-electron chi connectivity index (χ4n) is 3.14. The number of carbonyl (C=O) groups is 1. The molecule has 0 fully saturated rings. The van der Waals surface area contributed by atoms with Gasteiger partial charge in [-0.05, 0) is 48.6 Å². The van der Waals surface area contributed by atoms with E-state index in [2.05, 4.69) is 5.32 Å². The second-order valence-electron chi connectivity index (χ2n) is 7.62. The first-order chi connectivity index (χ1) is 16.6. The highest BCUT2D eigenvalue weighted by molar-refractivity contribution is 7.99. The topological polar surface area (TPSA) is 29.1 Å². The van der Waals surface area contributed by atoms with Gasteiger partial charge in [-0.25, -0.2) is 8.78 Å². The number of nitrogens with one attached hydrogen (secondary N) is 1. The van der Waals surface area contributed by atoms with Gasteiger partial charge in [0.15, 0.2) is 5.82 Å². The summed E-state index contributed by atoms with van der Waals surface area (Å²) in [7, 11) is 0. The van der Waals surface area contributed by atoms with Gasteiger partial charge in [-0.15, -0.1) is 0 Å². The van der Waals surface area contributed by atoms with Crippen molar-refractivity contribution in [2.24, 2.45) is 0 Å². The van der Waals surface area contributed by atoms with E-state index < -0.39 is 74.2 Å². The van der Waals surface area contributed by atoms with Crippen molar-refractivity contribution in [1.29, 1.82) is 0 Å². The van der Waals surface area contributed by atoms with E-state index in [1.165, 1.54) is 11.8 Å². The standard InChI is InChI=1S/C23H19Cl2F8NOS/c1-3-36-10-11(2)34-21(35)14-5-4-12(6-16(14)23(31,32)33)19(26)9-15(22(28,29)30)13-7-17(24)20(27)18(25)8-13/h4-9,11,15H,3,10H2,1-2H3,(H,34,35)/b19-9-. The van der Waals surface area contributed by atoms with Crippen molar-refractivity contribution in [3.63, 3.8) is 0 Å². The van der Waals surface area contributed by atoms with E-state index >= 15 is 0 Å². The van der Waals surface area contributed by atoms with Crippen LogP contribution in [0.15, 0.2) is 36.4 Å². The average Bonchev–Trinajstić information content (AvgIpc) is 2.77. The first-order valence-corrected chi connectivity index (χ1v) is 12.2. The minimum absolute atomic E-state index is 0.0270. The molecule has 0 heterocycles. The van der Waals surface area contributed by atoms with E-state index in [9.17, 15) is 39.9 Å². The van der Waals surface area contributed by atoms with Gasteiger partial charge in [0.1, 0.15) is 11.7 Å². The highest BCUT2D eigenvalue weighted by Gasteiger charge is 2.41. The van der Waals surface area contributed by atoms with Crippen molar-refractivity contribution < 1.29 is 39.9 Å². The van der Waals surface area contributed by atoms with Gasteiger partial charge < -0.3 is 5.32 Å². The lowest BCUT2D eigenvalue weighted by molar-refractivity contribution is -0.140. The molecule has 2 aromatic carbocycles. The number of benzene rings is 2. The third-order valence-corrected chi connectivity index (χ3v) is 6.52. The number of hydrogen-bond donors (Lipinski definition) is 1. The summed E-state index contributed by atoms with van der Waals surface area (Å²) in [4.78, 5) is 12.4. The Bertz CT molecular complexity index is 1110. The summed E-state index contributed by atoms with van der Waals surface area (Å²) in [6.07, 6.45) is -10.2.